The van der Waals surface area contributed by atoms with E-state index in [0.717, 1.165) is 15.9 Å². The zero-order valence-corrected chi connectivity index (χ0v) is 10.2. The molecule has 2 aromatic rings. The van der Waals surface area contributed by atoms with Crippen LogP contribution in [0.1, 0.15) is 12.6 Å². The highest BCUT2D eigenvalue weighted by Crippen LogP contribution is 2.30. The molecule has 2 rings (SSSR count). The Morgan fingerprint density at radius 2 is 2.14 bits per heavy atom. The molecule has 1 aromatic carbocycles. The van der Waals surface area contributed by atoms with Crippen LogP contribution in [0.3, 0.4) is 0 Å². The second kappa shape index (κ2) is 4.24. The van der Waals surface area contributed by atoms with Gasteiger partial charge in [0, 0.05) is 15.4 Å². The smallest absolute Gasteiger partial charge is 0.124 e. The van der Waals surface area contributed by atoms with Gasteiger partial charge in [-0.3, -0.25) is 0 Å². The predicted molar refractivity (Wildman–Crippen MR) is 64.6 cm³/mol. The minimum Gasteiger partial charge on any atom is -0.241 e. The summed E-state index contributed by atoms with van der Waals surface area (Å²) in [5.41, 5.74) is 2.35. The maximum atomic E-state index is 4.55. The third-order valence-electron chi connectivity index (χ3n) is 2.02. The highest BCUT2D eigenvalue weighted by molar-refractivity contribution is 9.10. The largest absolute Gasteiger partial charge is 0.241 e. The molecule has 0 aliphatic heterocycles. The van der Waals surface area contributed by atoms with Gasteiger partial charge in [-0.25, -0.2) is 4.98 Å². The molecule has 0 unspecified atom stereocenters. The molecule has 0 atom stereocenters. The van der Waals surface area contributed by atoms with Gasteiger partial charge in [0.2, 0.25) is 0 Å². The first kappa shape index (κ1) is 9.87. The average Bonchev–Trinajstić information content (AvgIpc) is 2.67. The van der Waals surface area contributed by atoms with Crippen LogP contribution in [-0.2, 0) is 6.42 Å². The lowest BCUT2D eigenvalue weighted by Crippen LogP contribution is -1.81. The Kier molecular flexibility index (Phi) is 2.99. The van der Waals surface area contributed by atoms with Crippen LogP contribution < -0.4 is 0 Å². The summed E-state index contributed by atoms with van der Waals surface area (Å²) < 4.78 is 1.11. The van der Waals surface area contributed by atoms with Gasteiger partial charge in [-0.15, -0.1) is 11.3 Å². The van der Waals surface area contributed by atoms with Gasteiger partial charge in [0.1, 0.15) is 5.01 Å². The van der Waals surface area contributed by atoms with Crippen molar-refractivity contribution in [3.05, 3.63) is 39.8 Å². The summed E-state index contributed by atoms with van der Waals surface area (Å²) in [5, 5.41) is 3.21. The first-order valence-corrected chi connectivity index (χ1v) is 6.18. The van der Waals surface area contributed by atoms with Gasteiger partial charge < -0.3 is 0 Å². The molecule has 72 valence electrons. The van der Waals surface area contributed by atoms with Crippen LogP contribution in [0.2, 0.25) is 0 Å². The van der Waals surface area contributed by atoms with Crippen LogP contribution in [0.25, 0.3) is 10.6 Å². The Morgan fingerprint density at radius 1 is 1.36 bits per heavy atom. The topological polar surface area (TPSA) is 12.9 Å². The molecule has 1 nitrogen and oxygen atoms in total. The zero-order valence-electron chi connectivity index (χ0n) is 7.83. The van der Waals surface area contributed by atoms with Gasteiger partial charge in [0.15, 0.2) is 0 Å². The van der Waals surface area contributed by atoms with Gasteiger partial charge in [-0.05, 0) is 12.5 Å². The van der Waals surface area contributed by atoms with Gasteiger partial charge >= 0.3 is 0 Å². The van der Waals surface area contributed by atoms with Crippen molar-refractivity contribution in [3.8, 4) is 10.6 Å². The number of benzene rings is 1. The Bertz CT molecular complexity index is 436. The summed E-state index contributed by atoms with van der Waals surface area (Å²) in [6, 6.07) is 8.18. The van der Waals surface area contributed by atoms with Crippen molar-refractivity contribution in [3.63, 3.8) is 0 Å². The number of aromatic nitrogens is 1. The Labute approximate surface area is 95.9 Å². The van der Waals surface area contributed by atoms with E-state index in [1.165, 1.54) is 11.3 Å². The molecular weight excluding hydrogens is 258 g/mol. The predicted octanol–water partition coefficient (Wildman–Crippen LogP) is 4.14. The van der Waals surface area contributed by atoms with Crippen LogP contribution >= 0.6 is 27.3 Å². The van der Waals surface area contributed by atoms with E-state index in [1.807, 2.05) is 18.2 Å². The molecule has 14 heavy (non-hydrogen) atoms. The van der Waals surface area contributed by atoms with E-state index in [4.69, 9.17) is 0 Å². The standard InChI is InChI=1S/C11H10BrNS/c1-2-8-7-14-11(13-8)9-5-3-4-6-10(9)12/h3-7H,2H2,1H3. The zero-order chi connectivity index (χ0) is 9.97. The van der Waals surface area contributed by atoms with Crippen molar-refractivity contribution in [1.82, 2.24) is 4.98 Å². The second-order valence-electron chi connectivity index (χ2n) is 2.98. The normalized spacial score (nSPS) is 10.4. The lowest BCUT2D eigenvalue weighted by atomic mass is 10.2. The summed E-state index contributed by atoms with van der Waals surface area (Å²) in [4.78, 5) is 4.55. The van der Waals surface area contributed by atoms with Gasteiger partial charge in [-0.1, -0.05) is 41.1 Å². The molecule has 0 amide bonds. The number of hydrogen-bond donors (Lipinski definition) is 0. The highest BCUT2D eigenvalue weighted by atomic mass is 79.9. The van der Waals surface area contributed by atoms with Crippen LogP contribution in [0, 0.1) is 0 Å². The maximum absolute atomic E-state index is 4.55. The molecular formula is C11H10BrNS. The molecule has 0 aliphatic rings. The van der Waals surface area contributed by atoms with Crippen molar-refractivity contribution in [2.75, 3.05) is 0 Å². The summed E-state index contributed by atoms with van der Waals surface area (Å²) in [6.45, 7) is 2.12. The molecule has 3 heteroatoms. The SMILES string of the molecule is CCc1csc(-c2ccccc2Br)n1. The Balaban J connectivity index is 2.44. The van der Waals surface area contributed by atoms with E-state index in [-0.39, 0.29) is 0 Å². The Morgan fingerprint density at radius 3 is 2.79 bits per heavy atom. The fourth-order valence-electron chi connectivity index (χ4n) is 1.23. The molecule has 0 spiro atoms. The second-order valence-corrected chi connectivity index (χ2v) is 4.69. The number of rotatable bonds is 2. The van der Waals surface area contributed by atoms with E-state index in [0.29, 0.717) is 0 Å². The molecule has 1 heterocycles. The summed E-state index contributed by atoms with van der Waals surface area (Å²) in [6.07, 6.45) is 1.00. The number of halogens is 1. The molecule has 0 bridgehead atoms. The molecule has 0 aliphatic carbocycles. The minimum absolute atomic E-state index is 1.00. The van der Waals surface area contributed by atoms with Crippen molar-refractivity contribution < 1.29 is 0 Å². The first-order chi connectivity index (χ1) is 6.81. The molecule has 0 saturated heterocycles. The monoisotopic (exact) mass is 267 g/mol. The van der Waals surface area contributed by atoms with Crippen molar-refractivity contribution in [2.24, 2.45) is 0 Å². The van der Waals surface area contributed by atoms with E-state index in [9.17, 15) is 0 Å². The highest BCUT2D eigenvalue weighted by Gasteiger charge is 2.06. The fourth-order valence-corrected chi connectivity index (χ4v) is 2.77. The number of nitrogens with zero attached hydrogens (tertiary/aromatic N) is 1. The number of thiazole rings is 1. The van der Waals surface area contributed by atoms with Gasteiger partial charge in [-0.2, -0.15) is 0 Å². The van der Waals surface area contributed by atoms with Gasteiger partial charge in [0.05, 0.1) is 5.69 Å². The van der Waals surface area contributed by atoms with Crippen LogP contribution in [0.4, 0.5) is 0 Å². The fraction of sp³-hybridized carbons (Fsp3) is 0.182. The van der Waals surface area contributed by atoms with Gasteiger partial charge in [0.25, 0.3) is 0 Å². The van der Waals surface area contributed by atoms with Crippen molar-refractivity contribution in [2.45, 2.75) is 13.3 Å². The molecule has 0 N–H and O–H groups in total. The van der Waals surface area contributed by atoms with E-state index >= 15 is 0 Å². The van der Waals surface area contributed by atoms with Crippen LogP contribution in [0.5, 0.6) is 0 Å². The molecule has 0 radical (unpaired) electrons. The Hall–Kier alpha value is -0.670. The molecule has 0 fully saturated rings. The van der Waals surface area contributed by atoms with E-state index < -0.39 is 0 Å². The van der Waals surface area contributed by atoms with E-state index in [1.54, 1.807) is 11.3 Å². The summed E-state index contributed by atoms with van der Waals surface area (Å²) in [7, 11) is 0. The summed E-state index contributed by atoms with van der Waals surface area (Å²) in [5.74, 6) is 0. The van der Waals surface area contributed by atoms with E-state index in [2.05, 4.69) is 39.3 Å². The van der Waals surface area contributed by atoms with Crippen LogP contribution in [-0.4, -0.2) is 4.98 Å². The molecule has 1 aromatic heterocycles. The molecule has 0 saturated carbocycles. The van der Waals surface area contributed by atoms with Crippen LogP contribution in [0.15, 0.2) is 34.1 Å². The first-order valence-electron chi connectivity index (χ1n) is 4.50. The average molecular weight is 268 g/mol. The number of aryl methyl sites for hydroxylation is 1. The van der Waals surface area contributed by atoms with Crippen molar-refractivity contribution >= 4 is 27.3 Å². The minimum atomic E-state index is 1.00. The lowest BCUT2D eigenvalue weighted by Gasteiger charge is -1.98. The van der Waals surface area contributed by atoms with Crippen molar-refractivity contribution in [1.29, 1.82) is 0 Å². The summed E-state index contributed by atoms with van der Waals surface area (Å²) >= 11 is 5.23. The maximum Gasteiger partial charge on any atom is 0.124 e. The third kappa shape index (κ3) is 1.88. The third-order valence-corrected chi connectivity index (χ3v) is 3.63. The quantitative estimate of drug-likeness (QED) is 0.797. The lowest BCUT2D eigenvalue weighted by molar-refractivity contribution is 1.07. The number of hydrogen-bond acceptors (Lipinski definition) is 2.